The van der Waals surface area contributed by atoms with Gasteiger partial charge in [-0.25, -0.2) is 4.99 Å². The summed E-state index contributed by atoms with van der Waals surface area (Å²) in [6.45, 7) is 7.29. The first-order chi connectivity index (χ1) is 10.0. The minimum absolute atomic E-state index is 0.0154. The van der Waals surface area contributed by atoms with Crippen molar-refractivity contribution in [1.82, 2.24) is 9.80 Å². The van der Waals surface area contributed by atoms with Gasteiger partial charge in [0.2, 0.25) is 5.96 Å². The Kier molecular flexibility index (Phi) is 5.06. The van der Waals surface area contributed by atoms with Crippen LogP contribution in [0.15, 0.2) is 9.98 Å². The molecule has 0 aliphatic carbocycles. The maximum absolute atomic E-state index is 12.1. The van der Waals surface area contributed by atoms with Gasteiger partial charge in [0.05, 0.1) is 18.9 Å². The number of nitrogens with zero attached hydrogens (tertiary/aromatic N) is 4. The van der Waals surface area contributed by atoms with Crippen molar-refractivity contribution in [2.75, 3.05) is 39.8 Å². The van der Waals surface area contributed by atoms with E-state index >= 15 is 0 Å². The molecule has 2 rings (SSSR count). The summed E-state index contributed by atoms with van der Waals surface area (Å²) >= 11 is 0. The van der Waals surface area contributed by atoms with Crippen molar-refractivity contribution in [2.45, 2.75) is 20.3 Å². The van der Waals surface area contributed by atoms with Crippen LogP contribution in [0.1, 0.15) is 20.3 Å². The lowest BCUT2D eigenvalue weighted by Gasteiger charge is -2.34. The maximum Gasteiger partial charge on any atom is 0.306 e. The third kappa shape index (κ3) is 3.87. The largest absolute Gasteiger partial charge is 0.466 e. The average molecular weight is 294 g/mol. The Balaban J connectivity index is 2.02. The van der Waals surface area contributed by atoms with Crippen LogP contribution in [0.3, 0.4) is 0 Å². The zero-order valence-electron chi connectivity index (χ0n) is 12.8. The van der Waals surface area contributed by atoms with Gasteiger partial charge in [0, 0.05) is 31.9 Å². The summed E-state index contributed by atoms with van der Waals surface area (Å²) in [7, 11) is 2.06. The van der Waals surface area contributed by atoms with E-state index in [0.717, 1.165) is 26.2 Å². The van der Waals surface area contributed by atoms with Crippen molar-refractivity contribution in [2.24, 2.45) is 15.9 Å². The van der Waals surface area contributed by atoms with Crippen LogP contribution in [0.5, 0.6) is 0 Å². The lowest BCUT2D eigenvalue weighted by molar-refractivity contribution is -0.145. The summed E-state index contributed by atoms with van der Waals surface area (Å²) in [6, 6.07) is 0. The van der Waals surface area contributed by atoms with Crippen molar-refractivity contribution in [3.63, 3.8) is 0 Å². The van der Waals surface area contributed by atoms with Gasteiger partial charge in [-0.1, -0.05) is 0 Å². The van der Waals surface area contributed by atoms with Gasteiger partial charge in [0.15, 0.2) is 0 Å². The number of ether oxygens (including phenoxy) is 1. The summed E-state index contributed by atoms with van der Waals surface area (Å²) in [5.41, 5.74) is 0.636. The third-order valence-electron chi connectivity index (χ3n) is 3.75. The number of hydrogen-bond donors (Lipinski definition) is 0. The Bertz CT molecular complexity index is 479. The van der Waals surface area contributed by atoms with E-state index in [-0.39, 0.29) is 18.3 Å². The maximum atomic E-state index is 12.1. The van der Waals surface area contributed by atoms with Crippen LogP contribution >= 0.6 is 0 Å². The highest BCUT2D eigenvalue weighted by Gasteiger charge is 2.31. The molecule has 0 radical (unpaired) electrons. The number of amides is 1. The highest BCUT2D eigenvalue weighted by atomic mass is 16.5. The molecule has 1 amide bonds. The SMILES string of the molecule is CCOC(=O)CC1C(=O)N=C(N2CCN(C)CC2)N=C1C. The Morgan fingerprint density at radius 1 is 1.29 bits per heavy atom. The van der Waals surface area contributed by atoms with Gasteiger partial charge < -0.3 is 14.5 Å². The first-order valence-electron chi connectivity index (χ1n) is 7.28. The molecule has 7 nitrogen and oxygen atoms in total. The summed E-state index contributed by atoms with van der Waals surface area (Å²) in [5.74, 6) is -0.792. The molecular weight excluding hydrogens is 272 g/mol. The molecule has 1 atom stereocenters. The average Bonchev–Trinajstić information content (AvgIpc) is 2.44. The molecule has 1 fully saturated rings. The van der Waals surface area contributed by atoms with Crippen LogP contribution in [0.2, 0.25) is 0 Å². The van der Waals surface area contributed by atoms with Crippen LogP contribution in [-0.2, 0) is 14.3 Å². The molecule has 2 heterocycles. The van der Waals surface area contributed by atoms with Crippen LogP contribution in [0.25, 0.3) is 0 Å². The van der Waals surface area contributed by atoms with Crippen molar-refractivity contribution in [3.8, 4) is 0 Å². The molecule has 116 valence electrons. The van der Waals surface area contributed by atoms with Gasteiger partial charge in [-0.15, -0.1) is 0 Å². The number of likely N-dealkylation sites (N-methyl/N-ethyl adjacent to an activating group) is 1. The molecule has 0 spiro atoms. The fourth-order valence-corrected chi connectivity index (χ4v) is 2.39. The van der Waals surface area contributed by atoms with Crippen molar-refractivity contribution >= 4 is 23.5 Å². The summed E-state index contributed by atoms with van der Waals surface area (Å²) in [6.07, 6.45) is 0.0154. The molecule has 2 aliphatic rings. The molecular formula is C14H22N4O3. The molecule has 1 saturated heterocycles. The zero-order valence-corrected chi connectivity index (χ0v) is 12.8. The third-order valence-corrected chi connectivity index (χ3v) is 3.75. The normalized spacial score (nSPS) is 23.7. The van der Waals surface area contributed by atoms with Gasteiger partial charge in [-0.3, -0.25) is 9.59 Å². The minimum atomic E-state index is -0.583. The van der Waals surface area contributed by atoms with Gasteiger partial charge in [-0.05, 0) is 20.9 Å². The second kappa shape index (κ2) is 6.80. The quantitative estimate of drug-likeness (QED) is 0.693. The van der Waals surface area contributed by atoms with Gasteiger partial charge in [0.1, 0.15) is 0 Å². The van der Waals surface area contributed by atoms with E-state index in [2.05, 4.69) is 21.9 Å². The van der Waals surface area contributed by atoms with E-state index in [9.17, 15) is 9.59 Å². The van der Waals surface area contributed by atoms with E-state index in [1.54, 1.807) is 13.8 Å². The molecule has 0 aromatic rings. The molecule has 0 aromatic carbocycles. The molecule has 0 aromatic heterocycles. The van der Waals surface area contributed by atoms with E-state index < -0.39 is 5.92 Å². The second-order valence-corrected chi connectivity index (χ2v) is 5.36. The Morgan fingerprint density at radius 3 is 2.52 bits per heavy atom. The molecule has 1 unspecified atom stereocenters. The van der Waals surface area contributed by atoms with Crippen molar-refractivity contribution in [1.29, 1.82) is 0 Å². The zero-order chi connectivity index (χ0) is 15.4. The monoisotopic (exact) mass is 294 g/mol. The Hall–Kier alpha value is -1.76. The Morgan fingerprint density at radius 2 is 1.95 bits per heavy atom. The van der Waals surface area contributed by atoms with E-state index in [1.165, 1.54) is 0 Å². The molecule has 0 N–H and O–H groups in total. The predicted molar refractivity (Wildman–Crippen MR) is 79.4 cm³/mol. The molecule has 0 bridgehead atoms. The van der Waals surface area contributed by atoms with Crippen LogP contribution in [-0.4, -0.2) is 73.2 Å². The molecule has 21 heavy (non-hydrogen) atoms. The van der Waals surface area contributed by atoms with E-state index in [0.29, 0.717) is 18.3 Å². The lowest BCUT2D eigenvalue weighted by Crippen LogP contribution is -2.48. The number of carbonyl (C=O) groups is 2. The topological polar surface area (TPSA) is 74.6 Å². The minimum Gasteiger partial charge on any atom is -0.466 e. The van der Waals surface area contributed by atoms with E-state index in [1.807, 2.05) is 4.90 Å². The molecule has 0 saturated carbocycles. The first kappa shape index (κ1) is 15.6. The second-order valence-electron chi connectivity index (χ2n) is 5.36. The highest BCUT2D eigenvalue weighted by Crippen LogP contribution is 2.16. The predicted octanol–water partition coefficient (Wildman–Crippen LogP) is 0.160. The Labute approximate surface area is 124 Å². The van der Waals surface area contributed by atoms with Gasteiger partial charge in [-0.2, -0.15) is 4.99 Å². The number of carbonyl (C=O) groups excluding carboxylic acids is 2. The number of rotatable bonds is 3. The number of aliphatic imine (C=N–C) groups is 2. The number of hydrogen-bond acceptors (Lipinski definition) is 6. The van der Waals surface area contributed by atoms with Gasteiger partial charge in [0.25, 0.3) is 5.91 Å². The van der Waals surface area contributed by atoms with Crippen LogP contribution in [0, 0.1) is 5.92 Å². The summed E-state index contributed by atoms with van der Waals surface area (Å²) in [5, 5.41) is 0. The standard InChI is InChI=1S/C14H22N4O3/c1-4-21-12(19)9-11-10(2)15-14(16-13(11)20)18-7-5-17(3)6-8-18/h11H,4-9H2,1-3H3. The number of esters is 1. The smallest absolute Gasteiger partial charge is 0.306 e. The fraction of sp³-hybridized carbons (Fsp3) is 0.714. The van der Waals surface area contributed by atoms with E-state index in [4.69, 9.17) is 4.74 Å². The lowest BCUT2D eigenvalue weighted by atomic mass is 9.98. The number of piperazine rings is 1. The summed E-state index contributed by atoms with van der Waals surface area (Å²) in [4.78, 5) is 36.4. The van der Waals surface area contributed by atoms with Crippen molar-refractivity contribution in [3.05, 3.63) is 0 Å². The van der Waals surface area contributed by atoms with Crippen LogP contribution in [0.4, 0.5) is 0 Å². The number of guanidine groups is 1. The molecule has 2 aliphatic heterocycles. The summed E-state index contributed by atoms with van der Waals surface area (Å²) < 4.78 is 4.89. The first-order valence-corrected chi connectivity index (χ1v) is 7.28. The van der Waals surface area contributed by atoms with Crippen LogP contribution < -0.4 is 0 Å². The highest BCUT2D eigenvalue weighted by molar-refractivity contribution is 6.15. The molecule has 7 heteroatoms. The van der Waals surface area contributed by atoms with Crippen molar-refractivity contribution < 1.29 is 14.3 Å². The van der Waals surface area contributed by atoms with Gasteiger partial charge >= 0.3 is 5.97 Å². The fourth-order valence-electron chi connectivity index (χ4n) is 2.39.